The van der Waals surface area contributed by atoms with Crippen molar-refractivity contribution in [2.45, 2.75) is 55.9 Å². The van der Waals surface area contributed by atoms with Gasteiger partial charge in [-0.25, -0.2) is 0 Å². The van der Waals surface area contributed by atoms with E-state index in [0.29, 0.717) is 21.6 Å². The Hall–Kier alpha value is -2.70. The molecule has 6 heteroatoms. The second-order valence-corrected chi connectivity index (χ2v) is 10.8. The molecule has 4 rings (SSSR count). The summed E-state index contributed by atoms with van der Waals surface area (Å²) in [7, 11) is -1.45. The van der Waals surface area contributed by atoms with Crippen molar-refractivity contribution in [2.24, 2.45) is 0 Å². The maximum atomic E-state index is 12.9. The van der Waals surface area contributed by atoms with Crippen LogP contribution in [0.15, 0.2) is 53.5 Å². The minimum atomic E-state index is -1.45. The maximum Gasteiger partial charge on any atom is 0.189 e. The summed E-state index contributed by atoms with van der Waals surface area (Å²) in [5.41, 5.74) is 1.74. The highest BCUT2D eigenvalue weighted by Crippen LogP contribution is 2.53. The predicted molar refractivity (Wildman–Crippen MR) is 125 cm³/mol. The van der Waals surface area contributed by atoms with E-state index in [1.165, 1.54) is 6.08 Å². The topological polar surface area (TPSA) is 94.8 Å². The quantitative estimate of drug-likeness (QED) is 0.473. The van der Waals surface area contributed by atoms with E-state index in [2.05, 4.69) is 0 Å². The molecule has 0 spiro atoms. The van der Waals surface area contributed by atoms with E-state index < -0.39 is 28.2 Å². The van der Waals surface area contributed by atoms with Crippen molar-refractivity contribution in [3.8, 4) is 11.5 Å². The van der Waals surface area contributed by atoms with Crippen LogP contribution in [0.1, 0.15) is 65.2 Å². The van der Waals surface area contributed by atoms with Crippen molar-refractivity contribution in [1.82, 2.24) is 0 Å². The lowest BCUT2D eigenvalue weighted by Crippen LogP contribution is -2.29. The lowest BCUT2D eigenvalue weighted by atomic mass is 9.70. The molecule has 2 aromatic rings. The van der Waals surface area contributed by atoms with E-state index in [4.69, 9.17) is 0 Å². The molecule has 0 bridgehead atoms. The molecule has 0 aromatic heterocycles. The standard InChI is InChI=1S/C26H28O5S/c1-14-5-8-16(9-6-14)32(31)13-19(28)17-10-7-15(2)20-21(17)24(29)22-18(27)11-12-26(3,4)23(22)25(20)30/h5-12,15,17,19,28-30H,13H2,1-4H3/t15-,17-,19+,32?/m1/s1. The van der Waals surface area contributed by atoms with Crippen molar-refractivity contribution < 1.29 is 24.3 Å². The minimum Gasteiger partial charge on any atom is -0.507 e. The normalized spacial score (nSPS) is 22.8. The van der Waals surface area contributed by atoms with Gasteiger partial charge in [-0.3, -0.25) is 9.00 Å². The molecule has 2 aliphatic rings. The molecule has 4 atom stereocenters. The first-order chi connectivity index (χ1) is 15.0. The Kier molecular flexibility index (Phi) is 5.63. The number of fused-ring (bicyclic) bond motifs is 2. The van der Waals surface area contributed by atoms with Crippen LogP contribution < -0.4 is 0 Å². The SMILES string of the molecule is Cc1ccc(S(=O)C[C@H](O)[C@H]2C=C[C@@H](C)c3c(O)c4c(c(O)c32)C(=O)C=CC4(C)C)cc1. The number of phenols is 2. The van der Waals surface area contributed by atoms with Crippen LogP contribution in [0, 0.1) is 6.92 Å². The number of aliphatic hydroxyl groups excluding tert-OH is 1. The fraction of sp³-hybridized carbons (Fsp3) is 0.346. The average molecular weight is 453 g/mol. The molecule has 0 saturated heterocycles. The molecule has 1 unspecified atom stereocenters. The fourth-order valence-corrected chi connectivity index (χ4v) is 5.87. The minimum absolute atomic E-state index is 0.0239. The monoisotopic (exact) mass is 452 g/mol. The van der Waals surface area contributed by atoms with Crippen LogP contribution in [-0.4, -0.2) is 37.2 Å². The Morgan fingerprint density at radius 1 is 1.06 bits per heavy atom. The smallest absolute Gasteiger partial charge is 0.189 e. The molecule has 2 aliphatic carbocycles. The highest BCUT2D eigenvalue weighted by atomic mass is 32.2. The van der Waals surface area contributed by atoms with Crippen LogP contribution in [0.5, 0.6) is 11.5 Å². The average Bonchev–Trinajstić information content (AvgIpc) is 2.73. The van der Waals surface area contributed by atoms with Gasteiger partial charge in [0.25, 0.3) is 0 Å². The molecule has 0 heterocycles. The second kappa shape index (κ2) is 8.01. The number of hydrogen-bond donors (Lipinski definition) is 3. The Morgan fingerprint density at radius 2 is 1.72 bits per heavy atom. The number of phenolic OH excluding ortho intramolecular Hbond substituents is 2. The number of ketones is 1. The zero-order valence-electron chi connectivity index (χ0n) is 18.6. The Labute approximate surface area is 190 Å². The molecule has 2 aromatic carbocycles. The summed E-state index contributed by atoms with van der Waals surface area (Å²) in [5.74, 6) is -1.57. The van der Waals surface area contributed by atoms with Crippen LogP contribution >= 0.6 is 0 Å². The van der Waals surface area contributed by atoms with E-state index in [1.54, 1.807) is 24.3 Å². The first-order valence-electron chi connectivity index (χ1n) is 10.7. The predicted octanol–water partition coefficient (Wildman–Crippen LogP) is 4.36. The van der Waals surface area contributed by atoms with Crippen LogP contribution in [0.25, 0.3) is 0 Å². The van der Waals surface area contributed by atoms with E-state index in [9.17, 15) is 24.3 Å². The number of carbonyl (C=O) groups is 1. The summed E-state index contributed by atoms with van der Waals surface area (Å²) in [6.45, 7) is 7.59. The van der Waals surface area contributed by atoms with Gasteiger partial charge in [0, 0.05) is 38.8 Å². The molecule has 0 amide bonds. The third-order valence-electron chi connectivity index (χ3n) is 6.48. The number of rotatable bonds is 4. The lowest BCUT2D eigenvalue weighted by molar-refractivity contribution is 0.103. The van der Waals surface area contributed by atoms with Gasteiger partial charge >= 0.3 is 0 Å². The van der Waals surface area contributed by atoms with Crippen LogP contribution in [0.2, 0.25) is 0 Å². The first kappa shape index (κ1) is 22.5. The van der Waals surface area contributed by atoms with Crippen LogP contribution in [0.4, 0.5) is 0 Å². The van der Waals surface area contributed by atoms with Gasteiger partial charge in [0.05, 0.1) is 28.2 Å². The molecule has 0 fully saturated rings. The summed E-state index contributed by atoms with van der Waals surface area (Å²) in [6, 6.07) is 7.29. The number of hydrogen-bond acceptors (Lipinski definition) is 5. The van der Waals surface area contributed by atoms with Crippen molar-refractivity contribution in [1.29, 1.82) is 0 Å². The molecule has 32 heavy (non-hydrogen) atoms. The number of benzene rings is 2. The van der Waals surface area contributed by atoms with Gasteiger partial charge in [0.1, 0.15) is 11.5 Å². The summed E-state index contributed by atoms with van der Waals surface area (Å²) < 4.78 is 12.9. The number of aliphatic hydroxyl groups is 1. The van der Waals surface area contributed by atoms with Crippen molar-refractivity contribution in [3.63, 3.8) is 0 Å². The fourth-order valence-electron chi connectivity index (χ4n) is 4.72. The Bertz CT molecular complexity index is 1170. The maximum absolute atomic E-state index is 12.9. The number of carbonyl (C=O) groups excluding carboxylic acids is 1. The van der Waals surface area contributed by atoms with E-state index >= 15 is 0 Å². The number of aromatic hydroxyl groups is 2. The zero-order chi connectivity index (χ0) is 23.4. The van der Waals surface area contributed by atoms with Gasteiger partial charge < -0.3 is 15.3 Å². The summed E-state index contributed by atoms with van der Waals surface area (Å²) >= 11 is 0. The highest BCUT2D eigenvalue weighted by Gasteiger charge is 2.41. The summed E-state index contributed by atoms with van der Waals surface area (Å²) in [6.07, 6.45) is 5.69. The molecular weight excluding hydrogens is 424 g/mol. The summed E-state index contributed by atoms with van der Waals surface area (Å²) in [5, 5.41) is 33.5. The second-order valence-electron chi connectivity index (χ2n) is 9.29. The van der Waals surface area contributed by atoms with Gasteiger partial charge in [0.15, 0.2) is 5.78 Å². The molecule has 0 saturated carbocycles. The molecule has 0 aliphatic heterocycles. The van der Waals surface area contributed by atoms with E-state index in [-0.39, 0.29) is 34.5 Å². The van der Waals surface area contributed by atoms with Gasteiger partial charge in [-0.05, 0) is 25.1 Å². The molecule has 3 N–H and O–H groups in total. The summed E-state index contributed by atoms with van der Waals surface area (Å²) in [4.78, 5) is 13.3. The molecule has 0 radical (unpaired) electrons. The molecular formula is C26H28O5S. The van der Waals surface area contributed by atoms with Crippen molar-refractivity contribution in [3.05, 3.63) is 76.4 Å². The Morgan fingerprint density at radius 3 is 2.38 bits per heavy atom. The Balaban J connectivity index is 1.79. The molecule has 168 valence electrons. The van der Waals surface area contributed by atoms with Crippen molar-refractivity contribution in [2.75, 3.05) is 5.75 Å². The van der Waals surface area contributed by atoms with Gasteiger partial charge in [0.2, 0.25) is 0 Å². The largest absolute Gasteiger partial charge is 0.507 e. The third-order valence-corrected chi connectivity index (χ3v) is 7.92. The van der Waals surface area contributed by atoms with Crippen molar-refractivity contribution >= 4 is 16.6 Å². The first-order valence-corrected chi connectivity index (χ1v) is 12.0. The number of aryl methyl sites for hydroxylation is 1. The van der Waals surface area contributed by atoms with E-state index in [0.717, 1.165) is 5.56 Å². The third kappa shape index (κ3) is 3.61. The van der Waals surface area contributed by atoms with Crippen LogP contribution in [-0.2, 0) is 16.2 Å². The lowest BCUT2D eigenvalue weighted by Gasteiger charge is -2.35. The van der Waals surface area contributed by atoms with Gasteiger partial charge in [-0.2, -0.15) is 0 Å². The molecule has 5 nitrogen and oxygen atoms in total. The zero-order valence-corrected chi connectivity index (χ0v) is 19.4. The highest BCUT2D eigenvalue weighted by molar-refractivity contribution is 7.85. The van der Waals surface area contributed by atoms with Crippen LogP contribution in [0.3, 0.4) is 0 Å². The van der Waals surface area contributed by atoms with Gasteiger partial charge in [-0.15, -0.1) is 0 Å². The van der Waals surface area contributed by atoms with Gasteiger partial charge in [-0.1, -0.05) is 56.7 Å². The van der Waals surface area contributed by atoms with E-state index in [1.807, 2.05) is 45.9 Å². The number of allylic oxidation sites excluding steroid dienone is 3.